The van der Waals surface area contributed by atoms with E-state index >= 15 is 0 Å². The Kier molecular flexibility index (Phi) is 15.8. The molecule has 0 fully saturated rings. The smallest absolute Gasteiger partial charge is 0 e. The zero-order valence-electron chi connectivity index (χ0n) is 37.3. The first-order valence-electron chi connectivity index (χ1n) is 21.6. The fraction of sp³-hybridized carbons (Fsp3) is 0.400. The fourth-order valence-electron chi connectivity index (χ4n) is 7.50. The van der Waals surface area contributed by atoms with E-state index in [0.717, 1.165) is 114 Å². The van der Waals surface area contributed by atoms with Crippen LogP contribution >= 0.6 is 0 Å². The van der Waals surface area contributed by atoms with Crippen LogP contribution < -0.4 is 20.0 Å². The molecule has 10 nitrogen and oxygen atoms in total. The second-order valence-electron chi connectivity index (χ2n) is 18.1. The number of nitrogens with zero attached hydrogens (tertiary/aromatic N) is 10. The zero-order chi connectivity index (χ0) is 43.1. The summed E-state index contributed by atoms with van der Waals surface area (Å²) in [7, 11) is 0. The van der Waals surface area contributed by atoms with Crippen molar-refractivity contribution in [1.29, 1.82) is 0 Å². The number of hydrogen-bond acceptors (Lipinski definition) is 6. The quantitative estimate of drug-likeness (QED) is 0.0785. The average Bonchev–Trinajstić information content (AvgIpc) is 4.02. The van der Waals surface area contributed by atoms with E-state index in [1.165, 1.54) is 22.3 Å². The van der Waals surface area contributed by atoms with Crippen molar-refractivity contribution in [2.75, 3.05) is 16.3 Å². The SMILES string of the molecule is Cc1cc(CCCCCN2[CH-]N(c3[c-]cccc3)c3ncc(C(C)(C)C)cc32)n[n-]1.Cc1cc(CCCCCn2[c](=[Pt])n(-c3[c-]cccc3)c3ncc(C(C)(C)C)cc32)n[n-]1.[Pt]. The van der Waals surface area contributed by atoms with Gasteiger partial charge in [0, 0.05) is 38.6 Å². The van der Waals surface area contributed by atoms with E-state index in [1.807, 2.05) is 56.6 Å². The van der Waals surface area contributed by atoms with Gasteiger partial charge in [-0.2, -0.15) is 37.0 Å². The zero-order valence-corrected chi connectivity index (χ0v) is 41.9. The normalized spacial score (nSPS) is 12.7. The van der Waals surface area contributed by atoms with Gasteiger partial charge in [-0.25, -0.2) is 4.98 Å². The third-order valence-electron chi connectivity index (χ3n) is 11.1. The molecule has 1 aliphatic rings. The molecule has 0 saturated heterocycles. The number of para-hydroxylation sites is 2. The maximum Gasteiger partial charge on any atom is 0 e. The summed E-state index contributed by atoms with van der Waals surface area (Å²) in [4.78, 5) is 14.2. The maximum absolute atomic E-state index is 4.89. The molecule has 0 bridgehead atoms. The van der Waals surface area contributed by atoms with Crippen LogP contribution in [-0.2, 0) is 70.6 Å². The van der Waals surface area contributed by atoms with Gasteiger partial charge >= 0.3 is 195 Å². The summed E-state index contributed by atoms with van der Waals surface area (Å²) < 4.78 is 5.78. The van der Waals surface area contributed by atoms with E-state index in [2.05, 4.69) is 161 Å². The van der Waals surface area contributed by atoms with Gasteiger partial charge in [0.1, 0.15) is 5.82 Å². The number of fused-ring (bicyclic) bond motifs is 2. The molecule has 12 heteroatoms. The first-order valence-corrected chi connectivity index (χ1v) is 22.7. The van der Waals surface area contributed by atoms with Gasteiger partial charge in [0.15, 0.2) is 0 Å². The molecule has 0 spiro atoms. The molecule has 334 valence electrons. The second-order valence-corrected chi connectivity index (χ2v) is 19.1. The first kappa shape index (κ1) is 47.1. The van der Waals surface area contributed by atoms with Crippen LogP contribution in [0.1, 0.15) is 114 Å². The number of hydrogen-bond donors (Lipinski definition) is 0. The van der Waals surface area contributed by atoms with E-state index in [4.69, 9.17) is 9.97 Å². The summed E-state index contributed by atoms with van der Waals surface area (Å²) >= 11 is 2.43. The Labute approximate surface area is 393 Å². The number of anilines is 3. The summed E-state index contributed by atoms with van der Waals surface area (Å²) in [5.74, 6) is 0.980. The Balaban J connectivity index is 0.000000204. The number of benzene rings is 2. The largest absolute Gasteiger partial charge is 0 e. The third kappa shape index (κ3) is 11.6. The van der Waals surface area contributed by atoms with Crippen LogP contribution in [0.3, 0.4) is 0 Å². The van der Waals surface area contributed by atoms with Crippen molar-refractivity contribution in [3.8, 4) is 5.69 Å². The number of unbranched alkanes of at least 4 members (excludes halogenated alkanes) is 4. The molecule has 6 heterocycles. The summed E-state index contributed by atoms with van der Waals surface area (Å²) in [5, 5.41) is 16.6. The summed E-state index contributed by atoms with van der Waals surface area (Å²) in [6.45, 7) is 21.5. The van der Waals surface area contributed by atoms with Crippen LogP contribution in [0.15, 0.2) is 85.2 Å². The van der Waals surface area contributed by atoms with Crippen molar-refractivity contribution in [2.24, 2.45) is 0 Å². The molecule has 0 aliphatic carbocycles. The molecule has 7 aromatic rings. The molecule has 0 saturated carbocycles. The minimum absolute atomic E-state index is 0. The Morgan fingerprint density at radius 1 is 0.677 bits per heavy atom. The molecule has 0 N–H and O–H groups in total. The minimum Gasteiger partial charge on any atom is 0 e. The molecule has 0 radical (unpaired) electrons. The van der Waals surface area contributed by atoms with Gasteiger partial charge in [0.05, 0.1) is 0 Å². The Hall–Kier alpha value is -4.39. The van der Waals surface area contributed by atoms with Crippen molar-refractivity contribution in [3.63, 3.8) is 0 Å². The first-order chi connectivity index (χ1) is 29.3. The number of aryl methyl sites for hydroxylation is 5. The van der Waals surface area contributed by atoms with Gasteiger partial charge in [-0.05, 0) is 42.9 Å². The van der Waals surface area contributed by atoms with Gasteiger partial charge in [-0.3, -0.25) is 0 Å². The number of pyridine rings is 2. The van der Waals surface area contributed by atoms with Crippen LogP contribution in [0, 0.1) is 36.5 Å². The standard InChI is InChI=1S/C25H30N5.C25H29N5.2Pt/c2*1-19-15-21(28-27-19)11-7-6-10-14-29-18-30(22-12-8-5-9-13-22)24-23(29)16-20(17-26-24)25(2,3)4;;/h5,8-9,12,15-18H,6-7,10-11,14H2,1-4H3;5,8-9,12,15-17H,6-7,10-11,14H2,1-4H3;;/q-3;-2;;. The molecule has 0 unspecified atom stereocenters. The van der Waals surface area contributed by atoms with E-state index < -0.39 is 0 Å². The van der Waals surface area contributed by atoms with Crippen molar-refractivity contribution in [1.82, 2.24) is 39.5 Å². The third-order valence-corrected chi connectivity index (χ3v) is 12.2. The van der Waals surface area contributed by atoms with Gasteiger partial charge in [0.2, 0.25) is 0 Å². The number of rotatable bonds is 14. The molecular weight excluding hydrogens is 1130 g/mol. The summed E-state index contributed by atoms with van der Waals surface area (Å²) in [6.07, 6.45) is 12.9. The molecule has 1 aliphatic heterocycles. The monoisotopic (exact) mass is 1190 g/mol. The topological polar surface area (TPSA) is 96.1 Å². The molecule has 0 atom stereocenters. The second kappa shape index (κ2) is 20.9. The van der Waals surface area contributed by atoms with Crippen molar-refractivity contribution in [3.05, 3.63) is 142 Å². The molecule has 2 aromatic carbocycles. The van der Waals surface area contributed by atoms with E-state index in [-0.39, 0.29) is 31.9 Å². The van der Waals surface area contributed by atoms with Crippen LogP contribution in [0.4, 0.5) is 17.2 Å². The van der Waals surface area contributed by atoms with Crippen molar-refractivity contribution < 1.29 is 40.4 Å². The molecule has 8 rings (SSSR count). The molecule has 0 amide bonds. The number of aromatic nitrogens is 8. The predicted octanol–water partition coefficient (Wildman–Crippen LogP) is 10.4. The van der Waals surface area contributed by atoms with Crippen LogP contribution in [0.2, 0.25) is 0 Å². The van der Waals surface area contributed by atoms with Gasteiger partial charge < -0.3 is 20.0 Å². The number of imidazole rings is 1. The minimum atomic E-state index is 0. The van der Waals surface area contributed by atoms with Crippen molar-refractivity contribution in [2.45, 2.75) is 124 Å². The van der Waals surface area contributed by atoms with E-state index in [9.17, 15) is 0 Å². The van der Waals surface area contributed by atoms with Gasteiger partial charge in [-0.15, -0.1) is 11.4 Å². The van der Waals surface area contributed by atoms with Gasteiger partial charge in [-0.1, -0.05) is 40.2 Å². The summed E-state index contributed by atoms with van der Waals surface area (Å²) in [5.41, 5.74) is 12.3. The molecular formula is C50H59N10Pt2-5. The Morgan fingerprint density at radius 3 is 1.79 bits per heavy atom. The Bertz CT molecular complexity index is 2560. The maximum atomic E-state index is 4.89. The summed E-state index contributed by atoms with van der Waals surface area (Å²) in [6, 6.07) is 31.6. The van der Waals surface area contributed by atoms with E-state index in [1.54, 1.807) is 0 Å². The molecule has 62 heavy (non-hydrogen) atoms. The predicted molar refractivity (Wildman–Crippen MR) is 242 cm³/mol. The van der Waals surface area contributed by atoms with Crippen LogP contribution in [-0.4, -0.2) is 35.8 Å². The van der Waals surface area contributed by atoms with Crippen LogP contribution in [0.25, 0.3) is 16.9 Å². The fourth-order valence-corrected chi connectivity index (χ4v) is 8.54. The Morgan fingerprint density at radius 2 is 1.24 bits per heavy atom. The van der Waals surface area contributed by atoms with Gasteiger partial charge in [0.25, 0.3) is 0 Å². The molecule has 5 aromatic heterocycles. The van der Waals surface area contributed by atoms with Crippen LogP contribution in [0.5, 0.6) is 0 Å². The average molecular weight is 1190 g/mol. The van der Waals surface area contributed by atoms with Crippen molar-refractivity contribution >= 4 is 28.4 Å². The van der Waals surface area contributed by atoms with E-state index in [0.29, 0.717) is 0 Å².